The number of benzene rings is 1. The highest BCUT2D eigenvalue weighted by atomic mass is 35.5. The molecule has 0 aliphatic rings. The first-order chi connectivity index (χ1) is 9.02. The number of hydrazine groups is 1. The topological polar surface area (TPSA) is 53.2 Å². The Kier molecular flexibility index (Phi) is 4.46. The van der Waals surface area contributed by atoms with Crippen LogP contribution in [0.3, 0.4) is 0 Å². The van der Waals surface area contributed by atoms with Crippen LogP contribution in [0.5, 0.6) is 0 Å². The minimum absolute atomic E-state index is 0.314. The Balaban J connectivity index is 2.27. The molecule has 0 aliphatic carbocycles. The fourth-order valence-corrected chi connectivity index (χ4v) is 3.16. The lowest BCUT2D eigenvalue weighted by molar-refractivity contribution is 0.0948. The van der Waals surface area contributed by atoms with Gasteiger partial charge in [-0.15, -0.1) is 11.3 Å². The van der Waals surface area contributed by atoms with Gasteiger partial charge in [-0.05, 0) is 24.4 Å². The van der Waals surface area contributed by atoms with Crippen molar-refractivity contribution >= 4 is 67.9 Å². The van der Waals surface area contributed by atoms with E-state index in [1.807, 2.05) is 0 Å². The lowest BCUT2D eigenvalue weighted by Crippen LogP contribution is -2.45. The van der Waals surface area contributed by atoms with E-state index in [2.05, 4.69) is 16.2 Å². The van der Waals surface area contributed by atoms with Crippen LogP contribution < -0.4 is 16.2 Å². The standard InChI is InChI=1S/C11H9Cl2N3OS2/c1-14-11(18)16-15-10(17)9-8(13)6-3-2-5(12)4-7(6)19-9/h2-4H,1H3,(H,15,17)(H2,14,16,18). The summed E-state index contributed by atoms with van der Waals surface area (Å²) in [6.45, 7) is 0. The molecule has 0 unspecified atom stereocenters. The van der Waals surface area contributed by atoms with Gasteiger partial charge < -0.3 is 5.32 Å². The van der Waals surface area contributed by atoms with Crippen LogP contribution in [0.2, 0.25) is 10.0 Å². The molecule has 1 amide bonds. The molecule has 0 saturated heterocycles. The zero-order chi connectivity index (χ0) is 14.0. The summed E-state index contributed by atoms with van der Waals surface area (Å²) < 4.78 is 0.860. The average Bonchev–Trinajstić information content (AvgIpc) is 2.72. The zero-order valence-electron chi connectivity index (χ0n) is 9.71. The summed E-state index contributed by atoms with van der Waals surface area (Å²) in [6, 6.07) is 5.30. The Morgan fingerprint density at radius 3 is 2.74 bits per heavy atom. The number of hydrogen-bond donors (Lipinski definition) is 3. The molecule has 4 nitrogen and oxygen atoms in total. The molecule has 0 saturated carbocycles. The summed E-state index contributed by atoms with van der Waals surface area (Å²) in [5.41, 5.74) is 5.02. The van der Waals surface area contributed by atoms with Crippen molar-refractivity contribution in [3.63, 3.8) is 0 Å². The number of halogens is 2. The van der Waals surface area contributed by atoms with Gasteiger partial charge in [0.1, 0.15) is 4.88 Å². The molecule has 0 fully saturated rings. The first-order valence-corrected chi connectivity index (χ1v) is 7.16. The summed E-state index contributed by atoms with van der Waals surface area (Å²) in [5, 5.41) is 4.81. The van der Waals surface area contributed by atoms with Crippen LogP contribution in [-0.4, -0.2) is 18.1 Å². The molecule has 19 heavy (non-hydrogen) atoms. The fraction of sp³-hybridized carbons (Fsp3) is 0.0909. The number of thiocarbonyl (C=S) groups is 1. The van der Waals surface area contributed by atoms with E-state index in [4.69, 9.17) is 35.4 Å². The summed E-state index contributed by atoms with van der Waals surface area (Å²) in [7, 11) is 1.65. The van der Waals surface area contributed by atoms with Crippen molar-refractivity contribution in [1.29, 1.82) is 0 Å². The third-order valence-corrected chi connectivity index (χ3v) is 4.51. The van der Waals surface area contributed by atoms with Crippen LogP contribution in [0.25, 0.3) is 10.1 Å². The molecule has 1 aromatic heterocycles. The van der Waals surface area contributed by atoms with Gasteiger partial charge in [-0.3, -0.25) is 15.6 Å². The van der Waals surface area contributed by atoms with Crippen molar-refractivity contribution in [3.8, 4) is 0 Å². The van der Waals surface area contributed by atoms with E-state index in [1.54, 1.807) is 25.2 Å². The lowest BCUT2D eigenvalue weighted by Gasteiger charge is -2.07. The molecule has 2 rings (SSSR count). The van der Waals surface area contributed by atoms with Crippen LogP contribution in [-0.2, 0) is 0 Å². The highest BCUT2D eigenvalue weighted by Crippen LogP contribution is 2.36. The Morgan fingerprint density at radius 1 is 1.32 bits per heavy atom. The summed E-state index contributed by atoms with van der Waals surface area (Å²) in [4.78, 5) is 12.4. The van der Waals surface area contributed by atoms with Gasteiger partial charge in [0, 0.05) is 22.2 Å². The van der Waals surface area contributed by atoms with Crippen molar-refractivity contribution in [2.75, 3.05) is 7.05 Å². The number of thiophene rings is 1. The van der Waals surface area contributed by atoms with E-state index in [0.29, 0.717) is 20.0 Å². The molecule has 1 aromatic carbocycles. The van der Waals surface area contributed by atoms with Gasteiger partial charge in [0.05, 0.1) is 5.02 Å². The van der Waals surface area contributed by atoms with Crippen LogP contribution in [0, 0.1) is 0 Å². The Morgan fingerprint density at radius 2 is 2.05 bits per heavy atom. The molecular formula is C11H9Cl2N3OS2. The van der Waals surface area contributed by atoms with E-state index in [-0.39, 0.29) is 5.91 Å². The fourth-order valence-electron chi connectivity index (χ4n) is 1.42. The van der Waals surface area contributed by atoms with Gasteiger partial charge in [-0.1, -0.05) is 29.3 Å². The Bertz CT molecular complexity index is 657. The summed E-state index contributed by atoms with van der Waals surface area (Å²) in [5.74, 6) is -0.347. The van der Waals surface area contributed by atoms with Crippen molar-refractivity contribution in [2.45, 2.75) is 0 Å². The highest BCUT2D eigenvalue weighted by molar-refractivity contribution is 7.80. The molecule has 8 heteroatoms. The molecule has 0 aliphatic heterocycles. The predicted molar refractivity (Wildman–Crippen MR) is 84.1 cm³/mol. The SMILES string of the molecule is CNC(=S)NNC(=O)c1sc2cc(Cl)ccc2c1Cl. The largest absolute Gasteiger partial charge is 0.364 e. The molecule has 0 atom stereocenters. The van der Waals surface area contributed by atoms with Crippen molar-refractivity contribution in [1.82, 2.24) is 16.2 Å². The van der Waals surface area contributed by atoms with Gasteiger partial charge in [0.25, 0.3) is 5.91 Å². The van der Waals surface area contributed by atoms with Gasteiger partial charge in [0.15, 0.2) is 5.11 Å². The molecule has 2 aromatic rings. The number of nitrogens with one attached hydrogen (secondary N) is 3. The highest BCUT2D eigenvalue weighted by Gasteiger charge is 2.17. The Labute approximate surface area is 129 Å². The third-order valence-electron chi connectivity index (χ3n) is 2.31. The molecule has 100 valence electrons. The molecule has 1 heterocycles. The van der Waals surface area contributed by atoms with Gasteiger partial charge in [-0.2, -0.15) is 0 Å². The van der Waals surface area contributed by atoms with Crippen LogP contribution in [0.4, 0.5) is 0 Å². The first kappa shape index (κ1) is 14.3. The maximum atomic E-state index is 12.0. The first-order valence-electron chi connectivity index (χ1n) is 5.18. The Hall–Kier alpha value is -1.08. The van der Waals surface area contributed by atoms with Crippen molar-refractivity contribution < 1.29 is 4.79 Å². The monoisotopic (exact) mass is 333 g/mol. The van der Waals surface area contributed by atoms with Crippen LogP contribution >= 0.6 is 46.8 Å². The molecule has 3 N–H and O–H groups in total. The van der Waals surface area contributed by atoms with E-state index >= 15 is 0 Å². The minimum Gasteiger partial charge on any atom is -0.364 e. The lowest BCUT2D eigenvalue weighted by atomic mass is 10.2. The third kappa shape index (κ3) is 3.09. The second-order valence-corrected chi connectivity index (χ2v) is 5.82. The van der Waals surface area contributed by atoms with E-state index in [9.17, 15) is 4.79 Å². The number of carbonyl (C=O) groups excluding carboxylic acids is 1. The second kappa shape index (κ2) is 5.92. The van der Waals surface area contributed by atoms with Gasteiger partial charge in [-0.25, -0.2) is 0 Å². The average molecular weight is 334 g/mol. The van der Waals surface area contributed by atoms with Crippen molar-refractivity contribution in [3.05, 3.63) is 33.1 Å². The number of fused-ring (bicyclic) bond motifs is 1. The molecule has 0 radical (unpaired) electrons. The predicted octanol–water partition coefficient (Wildman–Crippen LogP) is 2.95. The maximum Gasteiger partial charge on any atom is 0.281 e. The van der Waals surface area contributed by atoms with Gasteiger partial charge in [0.2, 0.25) is 0 Å². The van der Waals surface area contributed by atoms with Crippen LogP contribution in [0.15, 0.2) is 18.2 Å². The summed E-state index contributed by atoms with van der Waals surface area (Å²) in [6.07, 6.45) is 0. The van der Waals surface area contributed by atoms with E-state index in [1.165, 1.54) is 11.3 Å². The van der Waals surface area contributed by atoms with E-state index < -0.39 is 0 Å². The number of rotatable bonds is 1. The quantitative estimate of drug-likeness (QED) is 0.554. The minimum atomic E-state index is -0.347. The number of amides is 1. The molecule has 0 bridgehead atoms. The number of carbonyl (C=O) groups is 1. The van der Waals surface area contributed by atoms with Gasteiger partial charge >= 0.3 is 0 Å². The normalized spacial score (nSPS) is 10.3. The molecule has 0 spiro atoms. The van der Waals surface area contributed by atoms with E-state index in [0.717, 1.165) is 10.1 Å². The maximum absolute atomic E-state index is 12.0. The smallest absolute Gasteiger partial charge is 0.281 e. The van der Waals surface area contributed by atoms with Crippen LogP contribution in [0.1, 0.15) is 9.67 Å². The molecular weight excluding hydrogens is 325 g/mol. The number of hydrogen-bond acceptors (Lipinski definition) is 3. The summed E-state index contributed by atoms with van der Waals surface area (Å²) >= 11 is 18.2. The second-order valence-electron chi connectivity index (χ2n) is 3.54. The zero-order valence-corrected chi connectivity index (χ0v) is 12.9. The van der Waals surface area contributed by atoms with Crippen molar-refractivity contribution in [2.24, 2.45) is 0 Å².